The summed E-state index contributed by atoms with van der Waals surface area (Å²) in [5, 5.41) is -0.246. The van der Waals surface area contributed by atoms with E-state index in [9.17, 15) is 14.4 Å². The fourth-order valence-corrected chi connectivity index (χ4v) is 3.43. The second-order valence-corrected chi connectivity index (χ2v) is 6.88. The van der Waals surface area contributed by atoms with Crippen LogP contribution in [0.3, 0.4) is 0 Å². The molecule has 0 fully saturated rings. The van der Waals surface area contributed by atoms with Crippen molar-refractivity contribution < 1.29 is 19.1 Å². The third-order valence-electron chi connectivity index (χ3n) is 4.22. The molecule has 0 saturated heterocycles. The maximum Gasteiger partial charge on any atom is 0.319 e. The molecule has 1 aromatic rings. The Labute approximate surface area is 146 Å². The lowest BCUT2D eigenvalue weighted by Crippen LogP contribution is -2.29. The van der Waals surface area contributed by atoms with Crippen molar-refractivity contribution in [2.75, 3.05) is 17.7 Å². The average molecular weight is 349 g/mol. The second-order valence-electron chi connectivity index (χ2n) is 5.84. The van der Waals surface area contributed by atoms with Gasteiger partial charge in [-0.3, -0.25) is 14.4 Å². The van der Waals surface area contributed by atoms with Gasteiger partial charge in [0.1, 0.15) is 5.25 Å². The zero-order valence-corrected chi connectivity index (χ0v) is 15.3. The first-order valence-corrected chi connectivity index (χ1v) is 9.36. The molecule has 0 saturated carbocycles. The Kier molecular flexibility index (Phi) is 6.04. The first-order chi connectivity index (χ1) is 11.4. The largest absolute Gasteiger partial charge is 0.453 e. The monoisotopic (exact) mass is 349 g/mol. The topological polar surface area (TPSA) is 63.7 Å². The second kappa shape index (κ2) is 7.83. The molecule has 2 rings (SSSR count). The van der Waals surface area contributed by atoms with E-state index >= 15 is 0 Å². The number of fused-ring (bicyclic) bond motifs is 1. The van der Waals surface area contributed by atoms with Crippen molar-refractivity contribution in [2.24, 2.45) is 0 Å². The van der Waals surface area contributed by atoms with Gasteiger partial charge < -0.3 is 9.64 Å². The third kappa shape index (κ3) is 3.80. The highest BCUT2D eigenvalue weighted by atomic mass is 32.2. The maximum atomic E-state index is 12.5. The normalized spacial score (nSPS) is 15.6. The van der Waals surface area contributed by atoms with Crippen LogP contribution in [0.1, 0.15) is 43.1 Å². The van der Waals surface area contributed by atoms with Gasteiger partial charge >= 0.3 is 5.97 Å². The Morgan fingerprint density at radius 3 is 2.62 bits per heavy atom. The minimum atomic E-state index is -0.818. The molecule has 1 heterocycles. The van der Waals surface area contributed by atoms with Crippen LogP contribution in [-0.4, -0.2) is 41.8 Å². The highest BCUT2D eigenvalue weighted by Gasteiger charge is 2.27. The van der Waals surface area contributed by atoms with E-state index in [1.807, 2.05) is 13.2 Å². The van der Waals surface area contributed by atoms with E-state index in [2.05, 4.69) is 0 Å². The Morgan fingerprint density at radius 1 is 1.33 bits per heavy atom. The number of carbonyl (C=O) groups excluding carboxylic acids is 3. The van der Waals surface area contributed by atoms with Gasteiger partial charge in [0, 0.05) is 24.7 Å². The van der Waals surface area contributed by atoms with E-state index < -0.39 is 6.10 Å². The van der Waals surface area contributed by atoms with E-state index in [0.29, 0.717) is 18.5 Å². The Bertz CT molecular complexity index is 654. The highest BCUT2D eigenvalue weighted by Crippen LogP contribution is 2.29. The zero-order chi connectivity index (χ0) is 17.9. The SMILES string of the molecule is CCC(SC)C(=O)OC(C)C(=O)c1ccc2c(c1)CCN2C(C)=O. The predicted octanol–water partition coefficient (Wildman–Crippen LogP) is 2.85. The number of rotatable bonds is 6. The molecule has 0 spiro atoms. The van der Waals surface area contributed by atoms with E-state index in [0.717, 1.165) is 17.7 Å². The maximum absolute atomic E-state index is 12.5. The number of carbonyl (C=O) groups is 3. The van der Waals surface area contributed by atoms with Crippen LogP contribution in [0.5, 0.6) is 0 Å². The molecule has 2 atom stereocenters. The zero-order valence-electron chi connectivity index (χ0n) is 14.5. The molecule has 130 valence electrons. The molecular weight excluding hydrogens is 326 g/mol. The molecule has 0 aliphatic carbocycles. The van der Waals surface area contributed by atoms with Crippen molar-refractivity contribution in [3.8, 4) is 0 Å². The number of hydrogen-bond acceptors (Lipinski definition) is 5. The van der Waals surface area contributed by atoms with Crippen molar-refractivity contribution in [2.45, 2.75) is 45.0 Å². The van der Waals surface area contributed by atoms with Gasteiger partial charge in [0.25, 0.3) is 0 Å². The quantitative estimate of drug-likeness (QED) is 0.584. The molecule has 1 amide bonds. The Balaban J connectivity index is 2.10. The number of nitrogens with zero attached hydrogens (tertiary/aromatic N) is 1. The molecule has 6 heteroatoms. The number of anilines is 1. The van der Waals surface area contributed by atoms with Crippen molar-refractivity contribution in [1.82, 2.24) is 0 Å². The number of ether oxygens (including phenoxy) is 1. The minimum absolute atomic E-state index is 0.00204. The first-order valence-electron chi connectivity index (χ1n) is 8.07. The van der Waals surface area contributed by atoms with E-state index in [4.69, 9.17) is 4.74 Å². The lowest BCUT2D eigenvalue weighted by molar-refractivity contribution is -0.145. The number of thioether (sulfide) groups is 1. The van der Waals surface area contributed by atoms with Gasteiger partial charge in [0.05, 0.1) is 0 Å². The van der Waals surface area contributed by atoms with Gasteiger partial charge in [0.2, 0.25) is 11.7 Å². The molecule has 0 radical (unpaired) electrons. The van der Waals surface area contributed by atoms with Crippen LogP contribution in [-0.2, 0) is 20.7 Å². The van der Waals surface area contributed by atoms with Crippen LogP contribution in [0.4, 0.5) is 5.69 Å². The van der Waals surface area contributed by atoms with Crippen molar-refractivity contribution in [3.63, 3.8) is 0 Å². The van der Waals surface area contributed by atoms with Gasteiger partial charge in [0.15, 0.2) is 6.10 Å². The first kappa shape index (κ1) is 18.5. The molecular formula is C18H23NO4S. The van der Waals surface area contributed by atoms with Crippen LogP contribution >= 0.6 is 11.8 Å². The molecule has 1 aromatic carbocycles. The van der Waals surface area contributed by atoms with E-state index in [1.165, 1.54) is 18.7 Å². The molecule has 0 N–H and O–H groups in total. The lowest BCUT2D eigenvalue weighted by atomic mass is 10.0. The fourth-order valence-electron chi connectivity index (χ4n) is 2.85. The van der Waals surface area contributed by atoms with Crippen LogP contribution < -0.4 is 4.90 Å². The fraction of sp³-hybridized carbons (Fsp3) is 0.500. The molecule has 24 heavy (non-hydrogen) atoms. The molecule has 1 aliphatic rings. The summed E-state index contributed by atoms with van der Waals surface area (Å²) in [5.74, 6) is -0.573. The summed E-state index contributed by atoms with van der Waals surface area (Å²) in [6.07, 6.45) is 2.43. The van der Waals surface area contributed by atoms with Crippen molar-refractivity contribution >= 4 is 35.1 Å². The van der Waals surface area contributed by atoms with Gasteiger partial charge in [-0.15, -0.1) is 0 Å². The summed E-state index contributed by atoms with van der Waals surface area (Å²) in [6, 6.07) is 5.29. The third-order valence-corrected chi connectivity index (χ3v) is 5.31. The number of benzene rings is 1. The summed E-state index contributed by atoms with van der Waals surface area (Å²) in [6.45, 7) is 5.68. The van der Waals surface area contributed by atoms with E-state index in [1.54, 1.807) is 30.0 Å². The van der Waals surface area contributed by atoms with Crippen LogP contribution in [0.2, 0.25) is 0 Å². The predicted molar refractivity (Wildman–Crippen MR) is 95.7 cm³/mol. The van der Waals surface area contributed by atoms with Gasteiger partial charge in [-0.2, -0.15) is 11.8 Å². The average Bonchev–Trinajstić information content (AvgIpc) is 2.98. The molecule has 0 aromatic heterocycles. The number of Topliss-reactive ketones (excluding diaryl/α,β-unsaturated/α-hetero) is 1. The van der Waals surface area contributed by atoms with Gasteiger partial charge in [-0.05, 0) is 49.8 Å². The minimum Gasteiger partial charge on any atom is -0.453 e. The number of hydrogen-bond donors (Lipinski definition) is 0. The molecule has 1 aliphatic heterocycles. The molecule has 2 unspecified atom stereocenters. The van der Waals surface area contributed by atoms with Crippen LogP contribution in [0.15, 0.2) is 18.2 Å². The standard InChI is InChI=1S/C18H23NO4S/c1-5-16(24-4)18(22)23-11(2)17(21)14-6-7-15-13(10-14)8-9-19(15)12(3)20/h6-7,10-11,16H,5,8-9H2,1-4H3. The van der Waals surface area contributed by atoms with Gasteiger partial charge in [-0.1, -0.05) is 6.92 Å². The van der Waals surface area contributed by atoms with Gasteiger partial charge in [-0.25, -0.2) is 0 Å². The van der Waals surface area contributed by atoms with Crippen LogP contribution in [0.25, 0.3) is 0 Å². The Morgan fingerprint density at radius 2 is 2.04 bits per heavy atom. The summed E-state index contributed by atoms with van der Waals surface area (Å²) in [7, 11) is 0. The summed E-state index contributed by atoms with van der Waals surface area (Å²) < 4.78 is 5.32. The number of esters is 1. The molecule has 0 bridgehead atoms. The summed E-state index contributed by atoms with van der Waals surface area (Å²) in [5.41, 5.74) is 2.35. The lowest BCUT2D eigenvalue weighted by Gasteiger charge is -2.17. The summed E-state index contributed by atoms with van der Waals surface area (Å²) in [4.78, 5) is 37.8. The smallest absolute Gasteiger partial charge is 0.319 e. The number of ketones is 1. The van der Waals surface area contributed by atoms with Crippen LogP contribution in [0, 0.1) is 0 Å². The Hall–Kier alpha value is -1.82. The molecule has 5 nitrogen and oxygen atoms in total. The van der Waals surface area contributed by atoms with Crippen molar-refractivity contribution in [3.05, 3.63) is 29.3 Å². The summed E-state index contributed by atoms with van der Waals surface area (Å²) >= 11 is 1.42. The number of amides is 1. The highest BCUT2D eigenvalue weighted by molar-refractivity contribution is 7.99. The van der Waals surface area contributed by atoms with Crippen molar-refractivity contribution in [1.29, 1.82) is 0 Å². The van der Waals surface area contributed by atoms with E-state index in [-0.39, 0.29) is 22.9 Å².